The van der Waals surface area contributed by atoms with Crippen molar-refractivity contribution in [2.75, 3.05) is 26.9 Å². The minimum Gasteiger partial charge on any atom is -0.395 e. The molecule has 1 fully saturated rings. The van der Waals surface area contributed by atoms with E-state index >= 15 is 0 Å². The van der Waals surface area contributed by atoms with E-state index in [0.717, 1.165) is 6.20 Å². The van der Waals surface area contributed by atoms with Crippen molar-refractivity contribution in [2.45, 2.75) is 32.9 Å². The predicted octanol–water partition coefficient (Wildman–Crippen LogP) is 3.79. The topological polar surface area (TPSA) is 109 Å². The van der Waals surface area contributed by atoms with Crippen molar-refractivity contribution >= 4 is 52.2 Å². The van der Waals surface area contributed by atoms with Crippen LogP contribution >= 0.6 is 46.5 Å². The summed E-state index contributed by atoms with van der Waals surface area (Å²) in [6, 6.07) is 0.878. The number of hydrogen-bond donors (Lipinski definition) is 2. The summed E-state index contributed by atoms with van der Waals surface area (Å²) in [5, 5.41) is 3.83. The summed E-state index contributed by atoms with van der Waals surface area (Å²) < 4.78 is 55.4. The molecule has 0 aliphatic carbocycles. The number of rotatable bonds is 7. The normalized spacial score (nSPS) is 22.6. The molecule has 33 heavy (non-hydrogen) atoms. The Morgan fingerprint density at radius 3 is 2.79 bits per heavy atom. The Kier molecular flexibility index (Phi) is 9.52. The van der Waals surface area contributed by atoms with Crippen LogP contribution in [0.1, 0.15) is 5.01 Å². The van der Waals surface area contributed by atoms with E-state index in [1.54, 1.807) is 5.38 Å². The van der Waals surface area contributed by atoms with Crippen molar-refractivity contribution < 1.29 is 27.4 Å². The molecule has 0 spiro atoms. The lowest BCUT2D eigenvalue weighted by molar-refractivity contribution is -0.103. The summed E-state index contributed by atoms with van der Waals surface area (Å²) in [7, 11) is 1.49. The van der Waals surface area contributed by atoms with Crippen molar-refractivity contribution in [1.29, 1.82) is 0 Å². The SMILES string of the molecule is COC1C(Sc2cncc(SC(F)(F)F)c2)OCCOC[C@H]1N(N)/C=C(\N)c1nc(Cl)cs1. The highest BCUT2D eigenvalue weighted by atomic mass is 35.5. The van der Waals surface area contributed by atoms with Gasteiger partial charge in [0.15, 0.2) is 0 Å². The number of thiazole rings is 1. The molecule has 3 rings (SSSR count). The van der Waals surface area contributed by atoms with Crippen LogP contribution in [-0.4, -0.2) is 65.0 Å². The summed E-state index contributed by atoms with van der Waals surface area (Å²) in [5.74, 6) is 6.28. The van der Waals surface area contributed by atoms with Gasteiger partial charge in [0.2, 0.25) is 0 Å². The lowest BCUT2D eigenvalue weighted by Gasteiger charge is -2.38. The van der Waals surface area contributed by atoms with Gasteiger partial charge in [0.25, 0.3) is 0 Å². The second kappa shape index (κ2) is 11.9. The maximum atomic E-state index is 12.7. The quantitative estimate of drug-likeness (QED) is 0.304. The van der Waals surface area contributed by atoms with E-state index in [-0.39, 0.29) is 29.9 Å². The molecule has 2 unspecified atom stereocenters. The lowest BCUT2D eigenvalue weighted by atomic mass is 10.1. The first-order valence-electron chi connectivity index (χ1n) is 9.37. The van der Waals surface area contributed by atoms with Gasteiger partial charge in [0.1, 0.15) is 21.7 Å². The van der Waals surface area contributed by atoms with Crippen molar-refractivity contribution in [3.8, 4) is 0 Å². The number of nitrogens with zero attached hydrogens (tertiary/aromatic N) is 3. The summed E-state index contributed by atoms with van der Waals surface area (Å²) in [5.41, 5.74) is 1.40. The van der Waals surface area contributed by atoms with Crippen molar-refractivity contribution in [3.05, 3.63) is 40.2 Å². The number of thioether (sulfide) groups is 2. The van der Waals surface area contributed by atoms with Gasteiger partial charge < -0.3 is 25.0 Å². The third kappa shape index (κ3) is 7.89. The van der Waals surface area contributed by atoms with Crippen LogP contribution in [-0.2, 0) is 14.2 Å². The van der Waals surface area contributed by atoms with E-state index in [9.17, 15) is 13.2 Å². The van der Waals surface area contributed by atoms with Crippen molar-refractivity contribution in [3.63, 3.8) is 0 Å². The molecule has 1 aliphatic rings. The molecular weight excluding hydrogens is 523 g/mol. The van der Waals surface area contributed by atoms with Crippen LogP contribution in [0.5, 0.6) is 0 Å². The Labute approximate surface area is 205 Å². The number of halogens is 4. The van der Waals surface area contributed by atoms with Gasteiger partial charge in [-0.05, 0) is 17.8 Å². The average molecular weight is 544 g/mol. The first kappa shape index (κ1) is 26.3. The van der Waals surface area contributed by atoms with Gasteiger partial charge in [-0.15, -0.1) is 11.3 Å². The lowest BCUT2D eigenvalue weighted by Crippen LogP contribution is -2.54. The van der Waals surface area contributed by atoms with Gasteiger partial charge in [-0.3, -0.25) is 4.98 Å². The van der Waals surface area contributed by atoms with Gasteiger partial charge in [0.05, 0.1) is 31.6 Å². The van der Waals surface area contributed by atoms with Gasteiger partial charge in [-0.25, -0.2) is 10.8 Å². The van der Waals surface area contributed by atoms with E-state index in [2.05, 4.69) is 9.97 Å². The summed E-state index contributed by atoms with van der Waals surface area (Å²) >= 11 is 8.09. The highest BCUT2D eigenvalue weighted by molar-refractivity contribution is 8.00. The number of pyridine rings is 1. The van der Waals surface area contributed by atoms with E-state index in [4.69, 9.17) is 37.4 Å². The van der Waals surface area contributed by atoms with Gasteiger partial charge in [-0.2, -0.15) is 13.2 Å². The molecule has 1 saturated heterocycles. The highest BCUT2D eigenvalue weighted by Crippen LogP contribution is 2.39. The van der Waals surface area contributed by atoms with Gasteiger partial charge in [-0.1, -0.05) is 23.4 Å². The Morgan fingerprint density at radius 2 is 2.12 bits per heavy atom. The maximum Gasteiger partial charge on any atom is 0.446 e. The van der Waals surface area contributed by atoms with Crippen LogP contribution in [0.2, 0.25) is 5.15 Å². The Hall–Kier alpha value is -1.26. The number of ether oxygens (including phenoxy) is 3. The molecular formula is C18H21ClF3N5O3S3. The standard InChI is InChI=1S/C18H21ClF3N5O3S3/c1-28-15-13(27(24)7-12(23)16-26-14(19)9-31-16)8-29-2-3-30-17(15)32-10-4-11(6-25-5-10)33-18(20,21)22/h4-7,9,13,15,17H,2-3,8,23-24H2,1H3/b12-7-/t13-,15?,17?/m1/s1. The third-order valence-electron chi connectivity index (χ3n) is 4.29. The zero-order chi connectivity index (χ0) is 24.0. The summed E-state index contributed by atoms with van der Waals surface area (Å²) in [6.07, 6.45) is 3.51. The molecule has 0 radical (unpaired) electrons. The second-order valence-corrected chi connectivity index (χ2v) is 10.2. The fourth-order valence-electron chi connectivity index (χ4n) is 2.91. The van der Waals surface area contributed by atoms with E-state index in [1.807, 2.05) is 0 Å². The van der Waals surface area contributed by atoms with Crippen LogP contribution in [0.15, 0.2) is 39.8 Å². The minimum atomic E-state index is -4.41. The molecule has 3 heterocycles. The fourth-order valence-corrected chi connectivity index (χ4v) is 5.60. The first-order valence-corrected chi connectivity index (χ1v) is 12.3. The maximum absolute atomic E-state index is 12.7. The van der Waals surface area contributed by atoms with Crippen LogP contribution in [0.3, 0.4) is 0 Å². The molecule has 182 valence electrons. The molecule has 15 heteroatoms. The molecule has 0 saturated carbocycles. The largest absolute Gasteiger partial charge is 0.446 e. The number of aromatic nitrogens is 2. The first-order chi connectivity index (χ1) is 15.7. The smallest absolute Gasteiger partial charge is 0.395 e. The zero-order valence-electron chi connectivity index (χ0n) is 17.2. The van der Waals surface area contributed by atoms with Crippen molar-refractivity contribution in [1.82, 2.24) is 15.0 Å². The number of hydrogen-bond acceptors (Lipinski definition) is 11. The summed E-state index contributed by atoms with van der Waals surface area (Å²) in [6.45, 7) is 0.788. The Morgan fingerprint density at radius 1 is 1.36 bits per heavy atom. The van der Waals surface area contributed by atoms with E-state index in [1.165, 1.54) is 53.7 Å². The monoisotopic (exact) mass is 543 g/mol. The third-order valence-corrected chi connectivity index (χ3v) is 7.32. The van der Waals surface area contributed by atoms with Crippen molar-refractivity contribution in [2.24, 2.45) is 11.6 Å². The second-order valence-electron chi connectivity index (χ2n) is 6.61. The molecule has 2 aromatic rings. The Bertz CT molecular complexity index is 952. The number of hydrazine groups is 1. The van der Waals surface area contributed by atoms with Crippen LogP contribution < -0.4 is 11.6 Å². The van der Waals surface area contributed by atoms with Crippen LogP contribution in [0, 0.1) is 0 Å². The summed E-state index contributed by atoms with van der Waals surface area (Å²) in [4.78, 5) is 8.50. The zero-order valence-corrected chi connectivity index (χ0v) is 20.4. The molecule has 3 atom stereocenters. The Balaban J connectivity index is 1.79. The van der Waals surface area contributed by atoms with Gasteiger partial charge in [0, 0.05) is 40.9 Å². The molecule has 2 aromatic heterocycles. The van der Waals surface area contributed by atoms with Crippen LogP contribution in [0.25, 0.3) is 5.70 Å². The highest BCUT2D eigenvalue weighted by Gasteiger charge is 2.36. The minimum absolute atomic E-state index is 0.0227. The average Bonchev–Trinajstić information content (AvgIpc) is 3.15. The number of methoxy groups -OCH3 is 1. The predicted molar refractivity (Wildman–Crippen MR) is 122 cm³/mol. The van der Waals surface area contributed by atoms with E-state index < -0.39 is 23.1 Å². The number of nitrogens with two attached hydrogens (primary N) is 2. The molecule has 4 N–H and O–H groups in total. The number of alkyl halides is 3. The molecule has 0 aromatic carbocycles. The van der Waals surface area contributed by atoms with Crippen LogP contribution in [0.4, 0.5) is 13.2 Å². The van der Waals surface area contributed by atoms with E-state index in [0.29, 0.717) is 27.4 Å². The molecule has 0 amide bonds. The molecule has 8 nitrogen and oxygen atoms in total. The molecule has 1 aliphatic heterocycles. The van der Waals surface area contributed by atoms with Gasteiger partial charge >= 0.3 is 5.51 Å². The fraction of sp³-hybridized carbons (Fsp3) is 0.444. The molecule has 0 bridgehead atoms.